The minimum Gasteiger partial charge on any atom is -0.481 e. The van der Waals surface area contributed by atoms with E-state index in [1.165, 1.54) is 27.6 Å². The van der Waals surface area contributed by atoms with Crippen molar-refractivity contribution in [3.8, 4) is 0 Å². The van der Waals surface area contributed by atoms with Crippen LogP contribution in [-0.2, 0) is 24.4 Å². The van der Waals surface area contributed by atoms with E-state index >= 15 is 0 Å². The number of fused-ring (bicyclic) bond motifs is 1. The molecule has 2 N–H and O–H groups in total. The summed E-state index contributed by atoms with van der Waals surface area (Å²) in [5.74, 6) is 0.402. The molecular weight excluding hydrogens is 506 g/mol. The van der Waals surface area contributed by atoms with Crippen LogP contribution in [0.25, 0.3) is 16.5 Å². The number of aromatic nitrogens is 1. The third-order valence-electron chi connectivity index (χ3n) is 7.32. The smallest absolute Gasteiger partial charge is 0.205 e. The predicted octanol–water partition coefficient (Wildman–Crippen LogP) is 6.33. The van der Waals surface area contributed by atoms with Crippen molar-refractivity contribution in [1.82, 2.24) is 14.4 Å². The molecule has 7 heteroatoms. The van der Waals surface area contributed by atoms with Gasteiger partial charge >= 0.3 is 0 Å². The lowest BCUT2D eigenvalue weighted by Gasteiger charge is -2.35. The number of piperazine rings is 1. The molecule has 6 nitrogen and oxygen atoms in total. The lowest BCUT2D eigenvalue weighted by atomic mass is 10.0. The van der Waals surface area contributed by atoms with Crippen LogP contribution in [0, 0.1) is 0 Å². The van der Waals surface area contributed by atoms with Crippen molar-refractivity contribution in [2.45, 2.75) is 45.8 Å². The van der Waals surface area contributed by atoms with Gasteiger partial charge in [0, 0.05) is 79.7 Å². The Labute approximate surface area is 238 Å². The molecule has 0 radical (unpaired) electrons. The van der Waals surface area contributed by atoms with Crippen LogP contribution in [0.1, 0.15) is 42.9 Å². The lowest BCUT2D eigenvalue weighted by Crippen LogP contribution is -2.45. The minimum absolute atomic E-state index is 0.402. The summed E-state index contributed by atoms with van der Waals surface area (Å²) in [4.78, 5) is 9.49. The van der Waals surface area contributed by atoms with Gasteiger partial charge in [0.25, 0.3) is 0 Å². The first kappa shape index (κ1) is 29.1. The number of aryl methyl sites for hydroxylation is 1. The number of rotatable bonds is 13. The van der Waals surface area contributed by atoms with E-state index in [1.807, 2.05) is 18.3 Å². The Bertz CT molecular complexity index is 1300. The fourth-order valence-corrected chi connectivity index (χ4v) is 5.27. The first-order valence-electron chi connectivity index (χ1n) is 14.0. The average Bonchev–Trinajstić information content (AvgIpc) is 3.31. The van der Waals surface area contributed by atoms with Gasteiger partial charge in [0.05, 0.1) is 7.11 Å². The van der Waals surface area contributed by atoms with Crippen molar-refractivity contribution in [1.29, 1.82) is 0 Å². The van der Waals surface area contributed by atoms with Crippen LogP contribution in [0.2, 0.25) is 5.02 Å². The molecule has 2 aromatic carbocycles. The van der Waals surface area contributed by atoms with Crippen molar-refractivity contribution < 1.29 is 4.74 Å². The van der Waals surface area contributed by atoms with E-state index in [0.29, 0.717) is 12.4 Å². The summed E-state index contributed by atoms with van der Waals surface area (Å²) in [7, 11) is 1.59. The van der Waals surface area contributed by atoms with Crippen LogP contribution in [0.4, 0.5) is 0 Å². The third-order valence-corrected chi connectivity index (χ3v) is 7.69. The summed E-state index contributed by atoms with van der Waals surface area (Å²) < 4.78 is 7.51. The summed E-state index contributed by atoms with van der Waals surface area (Å²) in [5.41, 5.74) is 11.9. The maximum Gasteiger partial charge on any atom is 0.205 e. The van der Waals surface area contributed by atoms with Gasteiger partial charge in [-0.3, -0.25) is 9.80 Å². The van der Waals surface area contributed by atoms with Gasteiger partial charge in [-0.2, -0.15) is 0 Å². The number of ether oxygens (including phenoxy) is 1. The number of nitrogens with zero attached hydrogens (tertiary/aromatic N) is 4. The number of benzene rings is 2. The second kappa shape index (κ2) is 14.5. The Morgan fingerprint density at radius 2 is 1.85 bits per heavy atom. The summed E-state index contributed by atoms with van der Waals surface area (Å²) in [6.45, 7) is 13.6. The van der Waals surface area contributed by atoms with E-state index in [9.17, 15) is 0 Å². The van der Waals surface area contributed by atoms with E-state index < -0.39 is 0 Å². The molecule has 2 heterocycles. The molecular formula is C32H42ClN5O. The third kappa shape index (κ3) is 7.83. The van der Waals surface area contributed by atoms with Crippen molar-refractivity contribution in [3.05, 3.63) is 88.9 Å². The van der Waals surface area contributed by atoms with Gasteiger partial charge in [-0.1, -0.05) is 55.3 Å². The highest BCUT2D eigenvalue weighted by molar-refractivity contribution is 6.31. The van der Waals surface area contributed by atoms with Crippen LogP contribution < -0.4 is 5.73 Å². The number of unbranched alkanes of at least 4 members (excludes halogenated alkanes) is 1. The first-order chi connectivity index (χ1) is 19.0. The molecule has 39 heavy (non-hydrogen) atoms. The van der Waals surface area contributed by atoms with Gasteiger partial charge in [0.1, 0.15) is 0 Å². The predicted molar refractivity (Wildman–Crippen MR) is 165 cm³/mol. The monoisotopic (exact) mass is 547 g/mol. The summed E-state index contributed by atoms with van der Waals surface area (Å²) >= 11 is 6.39. The Hall–Kier alpha value is -2.90. The number of hydrogen-bond donors (Lipinski definition) is 1. The Morgan fingerprint density at radius 1 is 1.10 bits per heavy atom. The van der Waals surface area contributed by atoms with Crippen LogP contribution in [-0.4, -0.2) is 60.4 Å². The summed E-state index contributed by atoms with van der Waals surface area (Å²) in [6.07, 6.45) is 9.39. The molecule has 4 rings (SSSR count). The Kier molecular flexibility index (Phi) is 10.8. The number of nitrogens with two attached hydrogens (primary N) is 1. The van der Waals surface area contributed by atoms with E-state index in [-0.39, 0.29) is 0 Å². The zero-order chi connectivity index (χ0) is 27.6. The van der Waals surface area contributed by atoms with Gasteiger partial charge in [-0.05, 0) is 60.9 Å². The molecule has 3 aromatic rings. The molecule has 1 aliphatic rings. The maximum atomic E-state index is 6.39. The van der Waals surface area contributed by atoms with Crippen LogP contribution in [0.5, 0.6) is 0 Å². The second-order valence-electron chi connectivity index (χ2n) is 10.2. The van der Waals surface area contributed by atoms with Crippen molar-refractivity contribution >= 4 is 34.3 Å². The molecule has 0 saturated carbocycles. The molecule has 0 aliphatic carbocycles. The SMILES string of the molecule is C=C(/N=C\C(=C/CCC)c1cn(CCCN)c2ccc(CN3CCN(Cc4ccccc4Cl)CC3)cc12)OC. The standard InChI is InChI=1S/C32H42ClN5O/c1-4-5-9-27(21-35-25(2)39-3)30-24-38(15-8-14-34)32-13-12-26(20-29(30)32)22-36-16-18-37(19-17-36)23-28-10-6-7-11-31(28)33/h6-7,9-13,20-21,24H,2,4-5,8,14-19,22-23,34H2,1,3H3/b27-9+,35-21-. The Morgan fingerprint density at radius 3 is 2.54 bits per heavy atom. The number of allylic oxidation sites excluding steroid dienone is 2. The highest BCUT2D eigenvalue weighted by Gasteiger charge is 2.19. The largest absolute Gasteiger partial charge is 0.481 e. The molecule has 1 aliphatic heterocycles. The molecule has 0 amide bonds. The second-order valence-corrected chi connectivity index (χ2v) is 10.6. The maximum absolute atomic E-state index is 6.39. The van der Waals surface area contributed by atoms with E-state index in [1.54, 1.807) is 7.11 Å². The average molecular weight is 548 g/mol. The molecule has 0 bridgehead atoms. The van der Waals surface area contributed by atoms with Gasteiger partial charge in [-0.15, -0.1) is 0 Å². The van der Waals surface area contributed by atoms with Crippen molar-refractivity contribution in [3.63, 3.8) is 0 Å². The van der Waals surface area contributed by atoms with E-state index in [4.69, 9.17) is 22.1 Å². The van der Waals surface area contributed by atoms with E-state index in [2.05, 4.69) is 75.5 Å². The zero-order valence-corrected chi connectivity index (χ0v) is 24.2. The van der Waals surface area contributed by atoms with Gasteiger partial charge in [-0.25, -0.2) is 4.99 Å². The number of hydrogen-bond acceptors (Lipinski definition) is 5. The van der Waals surface area contributed by atoms with Crippen molar-refractivity contribution in [2.24, 2.45) is 10.7 Å². The number of methoxy groups -OCH3 is 1. The molecule has 1 saturated heterocycles. The van der Waals surface area contributed by atoms with Crippen molar-refractivity contribution in [2.75, 3.05) is 39.8 Å². The van der Waals surface area contributed by atoms with Crippen LogP contribution >= 0.6 is 11.6 Å². The Balaban J connectivity index is 1.54. The van der Waals surface area contributed by atoms with Gasteiger partial charge in [0.2, 0.25) is 5.88 Å². The topological polar surface area (TPSA) is 59.0 Å². The number of aliphatic imine (C=N–C) groups is 1. The molecule has 0 unspecified atom stereocenters. The fourth-order valence-electron chi connectivity index (χ4n) is 5.08. The molecule has 0 atom stereocenters. The van der Waals surface area contributed by atoms with Crippen LogP contribution in [0.3, 0.4) is 0 Å². The normalized spacial score (nSPS) is 15.4. The minimum atomic E-state index is 0.402. The lowest BCUT2D eigenvalue weighted by molar-refractivity contribution is 0.122. The number of halogens is 1. The van der Waals surface area contributed by atoms with Gasteiger partial charge in [0.15, 0.2) is 0 Å². The quantitative estimate of drug-likeness (QED) is 0.200. The first-order valence-corrected chi connectivity index (χ1v) is 14.4. The summed E-state index contributed by atoms with van der Waals surface area (Å²) in [5, 5.41) is 2.10. The van der Waals surface area contributed by atoms with Gasteiger partial charge < -0.3 is 15.0 Å². The summed E-state index contributed by atoms with van der Waals surface area (Å²) in [6, 6.07) is 15.1. The molecule has 208 valence electrons. The highest BCUT2D eigenvalue weighted by atomic mass is 35.5. The van der Waals surface area contributed by atoms with Crippen LogP contribution in [0.15, 0.2) is 72.2 Å². The van der Waals surface area contributed by atoms with E-state index in [0.717, 1.165) is 75.7 Å². The fraction of sp³-hybridized carbons (Fsp3) is 0.406. The zero-order valence-electron chi connectivity index (χ0n) is 23.4. The highest BCUT2D eigenvalue weighted by Crippen LogP contribution is 2.29. The molecule has 0 spiro atoms. The molecule has 1 aromatic heterocycles. The molecule has 1 fully saturated rings.